The molecule has 1 aliphatic heterocycles. The van der Waals surface area contributed by atoms with Crippen molar-refractivity contribution in [2.45, 2.75) is 25.7 Å². The fourth-order valence-corrected chi connectivity index (χ4v) is 4.95. The van der Waals surface area contributed by atoms with Gasteiger partial charge in [-0.3, -0.25) is 14.5 Å². The number of hydrogen-bond donors (Lipinski definition) is 1. The minimum Gasteiger partial charge on any atom is -0.362 e. The van der Waals surface area contributed by atoms with Crippen LogP contribution in [0.2, 0.25) is 0 Å². The van der Waals surface area contributed by atoms with Crippen LogP contribution in [0, 0.1) is 20.8 Å². The quantitative estimate of drug-likeness (QED) is 0.684. The smallest absolute Gasteiger partial charge is 0.253 e. The summed E-state index contributed by atoms with van der Waals surface area (Å²) in [7, 11) is -0.686. The topological polar surface area (TPSA) is 93.8 Å². The van der Waals surface area contributed by atoms with Gasteiger partial charge < -0.3 is 9.88 Å². The zero-order valence-electron chi connectivity index (χ0n) is 18.7. The maximum atomic E-state index is 13.0. The van der Waals surface area contributed by atoms with Crippen molar-refractivity contribution in [2.75, 3.05) is 46.8 Å². The number of amides is 1. The summed E-state index contributed by atoms with van der Waals surface area (Å²) in [6, 6.07) is 6.66. The molecule has 168 valence electrons. The fourth-order valence-electron chi connectivity index (χ4n) is 3.80. The molecule has 3 rings (SSSR count). The van der Waals surface area contributed by atoms with Gasteiger partial charge in [-0.15, -0.1) is 0 Å². The summed E-state index contributed by atoms with van der Waals surface area (Å²) in [5, 5.41) is 0. The molecule has 1 fully saturated rings. The van der Waals surface area contributed by atoms with Crippen molar-refractivity contribution in [1.29, 1.82) is 0 Å². The molecule has 0 bridgehead atoms. The summed E-state index contributed by atoms with van der Waals surface area (Å²) in [5.41, 5.74) is 3.51. The Morgan fingerprint density at radius 1 is 1.03 bits per heavy atom. The first kappa shape index (κ1) is 23.2. The van der Waals surface area contributed by atoms with Crippen LogP contribution in [-0.2, 0) is 10.0 Å². The van der Waals surface area contributed by atoms with Crippen molar-refractivity contribution in [3.63, 3.8) is 0 Å². The number of nitrogens with zero attached hydrogens (tertiary/aromatic N) is 3. The third kappa shape index (κ3) is 4.89. The predicted molar refractivity (Wildman–Crippen MR) is 119 cm³/mol. The molecular weight excluding hydrogens is 416 g/mol. The van der Waals surface area contributed by atoms with E-state index >= 15 is 0 Å². The lowest BCUT2D eigenvalue weighted by Gasteiger charge is -2.34. The third-order valence-electron chi connectivity index (χ3n) is 5.67. The number of carbonyl (C=O) groups excluding carboxylic acids is 2. The molecule has 8 nitrogen and oxygen atoms in total. The number of aryl methyl sites for hydroxylation is 3. The van der Waals surface area contributed by atoms with Crippen LogP contribution in [0.15, 0.2) is 29.2 Å². The summed E-state index contributed by atoms with van der Waals surface area (Å²) < 4.78 is 26.3. The lowest BCUT2D eigenvalue weighted by Crippen LogP contribution is -2.50. The van der Waals surface area contributed by atoms with E-state index in [1.54, 1.807) is 24.0 Å². The van der Waals surface area contributed by atoms with Crippen molar-refractivity contribution in [1.82, 2.24) is 19.1 Å². The number of aromatic nitrogens is 1. The van der Waals surface area contributed by atoms with Gasteiger partial charge in [0.1, 0.15) is 0 Å². The molecule has 9 heteroatoms. The summed E-state index contributed by atoms with van der Waals surface area (Å²) in [6.45, 7) is 8.01. The van der Waals surface area contributed by atoms with Crippen molar-refractivity contribution in [2.24, 2.45) is 0 Å². The number of carbonyl (C=O) groups is 2. The third-order valence-corrected chi connectivity index (χ3v) is 7.63. The molecular formula is C22H30N4O4S. The first-order chi connectivity index (χ1) is 14.5. The number of benzene rings is 1. The highest BCUT2D eigenvalue weighted by atomic mass is 32.2. The highest BCUT2D eigenvalue weighted by Gasteiger charge is 2.26. The predicted octanol–water partition coefficient (Wildman–Crippen LogP) is 1.83. The zero-order valence-corrected chi connectivity index (χ0v) is 19.5. The molecule has 31 heavy (non-hydrogen) atoms. The van der Waals surface area contributed by atoms with Crippen molar-refractivity contribution < 1.29 is 18.0 Å². The number of piperazine rings is 1. The number of rotatable bonds is 6. The number of H-pyrrole nitrogens is 1. The van der Waals surface area contributed by atoms with Crippen LogP contribution in [0.1, 0.15) is 37.7 Å². The Balaban J connectivity index is 1.65. The minimum absolute atomic E-state index is 0.0682. The van der Waals surface area contributed by atoms with E-state index in [1.165, 1.54) is 20.2 Å². The molecule has 0 spiro atoms. The standard InChI is InChI=1S/C22H30N4O4S/c1-15-6-7-18(13-21(15)31(29,30)24(4)5)22(28)26-10-8-25(9-11-26)14-20(27)19-12-16(2)23-17(19)3/h6-7,12-13,23H,8-11,14H2,1-5H3. The Hall–Kier alpha value is -2.49. The van der Waals surface area contributed by atoms with Gasteiger partial charge in [-0.05, 0) is 44.5 Å². The fraction of sp³-hybridized carbons (Fsp3) is 0.455. The largest absolute Gasteiger partial charge is 0.362 e. The second kappa shape index (κ2) is 8.94. The highest BCUT2D eigenvalue weighted by Crippen LogP contribution is 2.21. The summed E-state index contributed by atoms with van der Waals surface area (Å²) in [4.78, 5) is 32.6. The number of Topliss-reactive ketones (excluding diaryl/α,β-unsaturated/α-hetero) is 1. The maximum Gasteiger partial charge on any atom is 0.253 e. The van der Waals surface area contributed by atoms with E-state index in [0.717, 1.165) is 15.7 Å². The number of nitrogens with one attached hydrogen (secondary N) is 1. The zero-order chi connectivity index (χ0) is 22.9. The van der Waals surface area contributed by atoms with Gasteiger partial charge in [0, 0.05) is 62.8 Å². The second-order valence-corrected chi connectivity index (χ2v) is 10.4. The Bertz CT molecular complexity index is 1100. The van der Waals surface area contributed by atoms with E-state index in [4.69, 9.17) is 0 Å². The Morgan fingerprint density at radius 2 is 1.68 bits per heavy atom. The molecule has 0 saturated carbocycles. The molecule has 1 aliphatic rings. The molecule has 0 aliphatic carbocycles. The van der Waals surface area contributed by atoms with Crippen LogP contribution in [0.4, 0.5) is 0 Å². The number of ketones is 1. The minimum atomic E-state index is -3.63. The molecule has 1 aromatic heterocycles. The number of sulfonamides is 1. The maximum absolute atomic E-state index is 13.0. The van der Waals surface area contributed by atoms with Gasteiger partial charge in [-0.1, -0.05) is 6.07 Å². The average molecular weight is 447 g/mol. The lowest BCUT2D eigenvalue weighted by molar-refractivity contribution is 0.0624. The molecule has 0 radical (unpaired) electrons. The van der Waals surface area contributed by atoms with E-state index in [0.29, 0.717) is 49.4 Å². The Labute approximate surface area is 183 Å². The molecule has 1 N–H and O–H groups in total. The van der Waals surface area contributed by atoms with Gasteiger partial charge in [0.15, 0.2) is 5.78 Å². The van der Waals surface area contributed by atoms with Crippen molar-refractivity contribution >= 4 is 21.7 Å². The van der Waals surface area contributed by atoms with Crippen LogP contribution in [-0.4, -0.2) is 86.0 Å². The Morgan fingerprint density at radius 3 is 2.23 bits per heavy atom. The van der Waals surface area contributed by atoms with Crippen LogP contribution >= 0.6 is 0 Å². The molecule has 0 unspecified atom stereocenters. The van der Waals surface area contributed by atoms with E-state index < -0.39 is 10.0 Å². The first-order valence-corrected chi connectivity index (χ1v) is 11.7. The molecule has 1 aromatic carbocycles. The first-order valence-electron chi connectivity index (χ1n) is 10.2. The van der Waals surface area contributed by atoms with E-state index in [1.807, 2.05) is 24.8 Å². The van der Waals surface area contributed by atoms with Gasteiger partial charge in [0.25, 0.3) is 5.91 Å². The van der Waals surface area contributed by atoms with Gasteiger partial charge in [-0.25, -0.2) is 12.7 Å². The highest BCUT2D eigenvalue weighted by molar-refractivity contribution is 7.89. The molecule has 0 atom stereocenters. The van der Waals surface area contributed by atoms with E-state index in [-0.39, 0.29) is 16.6 Å². The van der Waals surface area contributed by atoms with Gasteiger partial charge >= 0.3 is 0 Å². The van der Waals surface area contributed by atoms with E-state index in [9.17, 15) is 18.0 Å². The molecule has 1 amide bonds. The van der Waals surface area contributed by atoms with Gasteiger partial charge in [0.05, 0.1) is 11.4 Å². The second-order valence-electron chi connectivity index (χ2n) is 8.25. The monoisotopic (exact) mass is 446 g/mol. The SMILES string of the molecule is Cc1cc(C(=O)CN2CCN(C(=O)c3ccc(C)c(S(=O)(=O)N(C)C)c3)CC2)c(C)[nH]1. The van der Waals surface area contributed by atoms with Crippen LogP contribution in [0.3, 0.4) is 0 Å². The van der Waals surface area contributed by atoms with E-state index in [2.05, 4.69) is 4.98 Å². The number of hydrogen-bond acceptors (Lipinski definition) is 5. The molecule has 2 heterocycles. The summed E-state index contributed by atoms with van der Waals surface area (Å²) >= 11 is 0. The van der Waals surface area contributed by atoms with Crippen molar-refractivity contribution in [3.05, 3.63) is 52.3 Å². The molecule has 1 saturated heterocycles. The van der Waals surface area contributed by atoms with Crippen LogP contribution < -0.4 is 0 Å². The lowest BCUT2D eigenvalue weighted by atomic mass is 10.1. The van der Waals surface area contributed by atoms with Crippen LogP contribution in [0.25, 0.3) is 0 Å². The van der Waals surface area contributed by atoms with Gasteiger partial charge in [-0.2, -0.15) is 0 Å². The number of aromatic amines is 1. The summed E-state index contributed by atoms with van der Waals surface area (Å²) in [5.74, 6) is -0.128. The summed E-state index contributed by atoms with van der Waals surface area (Å²) in [6.07, 6.45) is 0. The van der Waals surface area contributed by atoms with Gasteiger partial charge in [0.2, 0.25) is 10.0 Å². The average Bonchev–Trinajstić information content (AvgIpc) is 3.06. The van der Waals surface area contributed by atoms with Crippen molar-refractivity contribution in [3.8, 4) is 0 Å². The van der Waals surface area contributed by atoms with Crippen LogP contribution in [0.5, 0.6) is 0 Å². The normalized spacial score (nSPS) is 15.5. The Kier molecular flexibility index (Phi) is 6.68. The molecule has 2 aromatic rings.